The van der Waals surface area contributed by atoms with Gasteiger partial charge in [-0.15, -0.1) is 5.92 Å². The third kappa shape index (κ3) is 3.26. The average Bonchev–Trinajstić information content (AvgIpc) is 2.18. The molecule has 1 N–H and O–H groups in total. The molecule has 0 amide bonds. The van der Waals surface area contributed by atoms with Crippen molar-refractivity contribution < 1.29 is 14.2 Å². The quantitative estimate of drug-likeness (QED) is 0.772. The van der Waals surface area contributed by atoms with Crippen LogP contribution in [-0.4, -0.2) is 11.7 Å². The Kier molecular flexibility index (Phi) is 4.14. The van der Waals surface area contributed by atoms with Crippen molar-refractivity contribution in [3.05, 3.63) is 29.6 Å². The lowest BCUT2D eigenvalue weighted by Crippen LogP contribution is -2.01. The molecule has 0 spiro atoms. The summed E-state index contributed by atoms with van der Waals surface area (Å²) in [5, 5.41) is 9.41. The number of aliphatic hydroxyl groups is 1. The zero-order valence-corrected chi connectivity index (χ0v) is 8.75. The minimum absolute atomic E-state index is 0.194. The highest BCUT2D eigenvalue weighted by Crippen LogP contribution is 2.25. The second-order valence-electron chi connectivity index (χ2n) is 3.07. The Morgan fingerprint density at radius 3 is 2.87 bits per heavy atom. The van der Waals surface area contributed by atoms with Crippen LogP contribution in [0.4, 0.5) is 4.39 Å². The van der Waals surface area contributed by atoms with Gasteiger partial charge in [0.15, 0.2) is 0 Å². The molecule has 80 valence electrons. The molecule has 0 radical (unpaired) electrons. The topological polar surface area (TPSA) is 29.5 Å². The maximum atomic E-state index is 12.9. The summed E-state index contributed by atoms with van der Waals surface area (Å²) in [6, 6.07) is 4.05. The highest BCUT2D eigenvalue weighted by Gasteiger charge is 2.09. The minimum atomic E-state index is -0.685. The van der Waals surface area contributed by atoms with E-state index in [0.717, 1.165) is 0 Å². The van der Waals surface area contributed by atoms with E-state index in [4.69, 9.17) is 4.74 Å². The van der Waals surface area contributed by atoms with E-state index in [-0.39, 0.29) is 12.4 Å². The number of halogens is 1. The molecule has 1 rings (SSSR count). The van der Waals surface area contributed by atoms with Gasteiger partial charge in [-0.2, -0.15) is 0 Å². The van der Waals surface area contributed by atoms with Gasteiger partial charge in [-0.3, -0.25) is 0 Å². The van der Waals surface area contributed by atoms with E-state index in [1.807, 2.05) is 0 Å². The third-order valence-electron chi connectivity index (χ3n) is 1.90. The molecule has 0 aliphatic carbocycles. The van der Waals surface area contributed by atoms with Gasteiger partial charge in [-0.25, -0.2) is 4.39 Å². The molecule has 3 heteroatoms. The molecular formula is C12H13FO2. The fourth-order valence-corrected chi connectivity index (χ4v) is 1.16. The molecule has 15 heavy (non-hydrogen) atoms. The first-order chi connectivity index (χ1) is 7.15. The number of aliphatic hydroxyl groups excluding tert-OH is 1. The summed E-state index contributed by atoms with van der Waals surface area (Å²) in [5.41, 5.74) is 0.564. The molecule has 0 bridgehead atoms. The summed E-state index contributed by atoms with van der Waals surface area (Å²) >= 11 is 0. The van der Waals surface area contributed by atoms with Gasteiger partial charge < -0.3 is 9.84 Å². The lowest BCUT2D eigenvalue weighted by Gasteiger charge is -2.11. The molecule has 1 atom stereocenters. The molecule has 0 fully saturated rings. The summed E-state index contributed by atoms with van der Waals surface area (Å²) in [6.45, 7) is 3.50. The Bertz CT molecular complexity index is 388. The van der Waals surface area contributed by atoms with Gasteiger partial charge in [-0.05, 0) is 26.0 Å². The van der Waals surface area contributed by atoms with Crippen LogP contribution in [0.3, 0.4) is 0 Å². The first kappa shape index (κ1) is 11.5. The fraction of sp³-hybridized carbons (Fsp3) is 0.333. The van der Waals surface area contributed by atoms with E-state index in [2.05, 4.69) is 11.8 Å². The van der Waals surface area contributed by atoms with Crippen molar-refractivity contribution in [3.63, 3.8) is 0 Å². The van der Waals surface area contributed by atoms with Gasteiger partial charge in [-0.1, -0.05) is 5.92 Å². The summed E-state index contributed by atoms with van der Waals surface area (Å²) in [7, 11) is 0. The molecule has 0 aliphatic heterocycles. The van der Waals surface area contributed by atoms with E-state index in [0.29, 0.717) is 11.3 Å². The van der Waals surface area contributed by atoms with E-state index in [1.54, 1.807) is 13.8 Å². The Morgan fingerprint density at radius 2 is 2.27 bits per heavy atom. The zero-order chi connectivity index (χ0) is 11.3. The molecule has 0 aliphatic rings. The first-order valence-corrected chi connectivity index (χ1v) is 4.65. The van der Waals surface area contributed by atoms with Gasteiger partial charge >= 0.3 is 0 Å². The molecule has 0 aromatic heterocycles. The molecule has 0 saturated carbocycles. The molecule has 0 unspecified atom stereocenters. The summed E-state index contributed by atoms with van der Waals surface area (Å²) in [6.07, 6.45) is -0.685. The molecule has 0 saturated heterocycles. The second-order valence-corrected chi connectivity index (χ2v) is 3.07. The van der Waals surface area contributed by atoms with Crippen LogP contribution in [0.15, 0.2) is 18.2 Å². The molecule has 1 aromatic rings. The SMILES string of the molecule is CC#CCOc1cc(F)ccc1[C@H](C)O. The van der Waals surface area contributed by atoms with Crippen molar-refractivity contribution in [2.75, 3.05) is 6.61 Å². The Balaban J connectivity index is 2.90. The van der Waals surface area contributed by atoms with Crippen LogP contribution >= 0.6 is 0 Å². The van der Waals surface area contributed by atoms with Crippen LogP contribution in [0, 0.1) is 17.7 Å². The van der Waals surface area contributed by atoms with Gasteiger partial charge in [0.2, 0.25) is 0 Å². The Hall–Kier alpha value is -1.53. The molecular weight excluding hydrogens is 195 g/mol. The van der Waals surface area contributed by atoms with Crippen molar-refractivity contribution in [1.82, 2.24) is 0 Å². The lowest BCUT2D eigenvalue weighted by molar-refractivity contribution is 0.193. The zero-order valence-electron chi connectivity index (χ0n) is 8.75. The summed E-state index contributed by atoms with van der Waals surface area (Å²) in [5.74, 6) is 5.33. The standard InChI is InChI=1S/C12H13FO2/c1-3-4-7-15-12-8-10(13)5-6-11(12)9(2)14/h5-6,8-9,14H,7H2,1-2H3/t9-/m0/s1. The molecule has 2 nitrogen and oxygen atoms in total. The Labute approximate surface area is 88.7 Å². The number of ether oxygens (including phenoxy) is 1. The van der Waals surface area contributed by atoms with Crippen LogP contribution < -0.4 is 4.74 Å². The van der Waals surface area contributed by atoms with Crippen molar-refractivity contribution >= 4 is 0 Å². The number of rotatable bonds is 3. The van der Waals surface area contributed by atoms with Gasteiger partial charge in [0, 0.05) is 11.6 Å². The van der Waals surface area contributed by atoms with Crippen molar-refractivity contribution in [2.45, 2.75) is 20.0 Å². The van der Waals surface area contributed by atoms with Crippen LogP contribution in [0.25, 0.3) is 0 Å². The highest BCUT2D eigenvalue weighted by molar-refractivity contribution is 5.35. The van der Waals surface area contributed by atoms with Gasteiger partial charge in [0.25, 0.3) is 0 Å². The number of hydrogen-bond donors (Lipinski definition) is 1. The van der Waals surface area contributed by atoms with Crippen LogP contribution in [0.1, 0.15) is 25.5 Å². The summed E-state index contributed by atoms with van der Waals surface area (Å²) < 4.78 is 18.2. The van der Waals surface area contributed by atoms with Crippen LogP contribution in [0.2, 0.25) is 0 Å². The third-order valence-corrected chi connectivity index (χ3v) is 1.90. The highest BCUT2D eigenvalue weighted by atomic mass is 19.1. The van der Waals surface area contributed by atoms with E-state index in [1.165, 1.54) is 18.2 Å². The van der Waals surface area contributed by atoms with Crippen molar-refractivity contribution in [1.29, 1.82) is 0 Å². The Morgan fingerprint density at radius 1 is 1.53 bits per heavy atom. The first-order valence-electron chi connectivity index (χ1n) is 4.65. The molecule has 0 heterocycles. The summed E-state index contributed by atoms with van der Waals surface area (Å²) in [4.78, 5) is 0. The predicted molar refractivity (Wildman–Crippen MR) is 56.0 cm³/mol. The predicted octanol–water partition coefficient (Wildman–Crippen LogP) is 2.28. The van der Waals surface area contributed by atoms with Gasteiger partial charge in [0.1, 0.15) is 18.2 Å². The minimum Gasteiger partial charge on any atom is -0.480 e. The number of hydrogen-bond acceptors (Lipinski definition) is 2. The van der Waals surface area contributed by atoms with E-state index >= 15 is 0 Å². The molecule has 1 aromatic carbocycles. The van der Waals surface area contributed by atoms with Gasteiger partial charge in [0.05, 0.1) is 6.10 Å². The smallest absolute Gasteiger partial charge is 0.149 e. The van der Waals surface area contributed by atoms with E-state index in [9.17, 15) is 9.50 Å². The normalized spacial score (nSPS) is 11.5. The lowest BCUT2D eigenvalue weighted by atomic mass is 10.1. The maximum absolute atomic E-state index is 12.9. The maximum Gasteiger partial charge on any atom is 0.149 e. The van der Waals surface area contributed by atoms with Crippen molar-refractivity contribution in [2.24, 2.45) is 0 Å². The number of benzene rings is 1. The second kappa shape index (κ2) is 5.38. The monoisotopic (exact) mass is 208 g/mol. The van der Waals surface area contributed by atoms with Crippen LogP contribution in [-0.2, 0) is 0 Å². The van der Waals surface area contributed by atoms with Crippen molar-refractivity contribution in [3.8, 4) is 17.6 Å². The van der Waals surface area contributed by atoms with Crippen LogP contribution in [0.5, 0.6) is 5.75 Å². The van der Waals surface area contributed by atoms with E-state index < -0.39 is 6.10 Å². The average molecular weight is 208 g/mol. The fourth-order valence-electron chi connectivity index (χ4n) is 1.16. The largest absolute Gasteiger partial charge is 0.480 e.